The van der Waals surface area contributed by atoms with Crippen molar-refractivity contribution in [3.63, 3.8) is 0 Å². The highest BCUT2D eigenvalue weighted by Gasteiger charge is 2.42. The number of hydrogen-bond donors (Lipinski definition) is 1. The van der Waals surface area contributed by atoms with Gasteiger partial charge in [0.25, 0.3) is 5.56 Å². The lowest BCUT2D eigenvalue weighted by Crippen LogP contribution is -2.31. The van der Waals surface area contributed by atoms with E-state index in [0.717, 1.165) is 30.0 Å². The van der Waals surface area contributed by atoms with Gasteiger partial charge in [0.1, 0.15) is 0 Å². The fraction of sp³-hybridized carbons (Fsp3) is 0.625. The van der Waals surface area contributed by atoms with Gasteiger partial charge in [0.15, 0.2) is 4.96 Å². The molecule has 2 aromatic rings. The van der Waals surface area contributed by atoms with Crippen LogP contribution in [0, 0.1) is 11.8 Å². The summed E-state index contributed by atoms with van der Waals surface area (Å²) in [5, 5.41) is 11.6. The first-order valence-electron chi connectivity index (χ1n) is 7.94. The van der Waals surface area contributed by atoms with Crippen LogP contribution in [0.4, 0.5) is 0 Å². The van der Waals surface area contributed by atoms with Crippen molar-refractivity contribution in [1.82, 2.24) is 14.3 Å². The van der Waals surface area contributed by atoms with E-state index in [-0.39, 0.29) is 11.7 Å². The summed E-state index contributed by atoms with van der Waals surface area (Å²) in [7, 11) is 2.13. The number of aromatic nitrogens is 2. The molecule has 4 rings (SSSR count). The molecular weight excluding hydrogens is 298 g/mol. The van der Waals surface area contributed by atoms with Crippen molar-refractivity contribution >= 4 is 16.3 Å². The Balaban J connectivity index is 1.47. The molecule has 2 heterocycles. The molecule has 5 nitrogen and oxygen atoms in total. The number of aliphatic hydroxyl groups excluding tert-OH is 1. The molecule has 2 aliphatic carbocycles. The van der Waals surface area contributed by atoms with E-state index in [0.29, 0.717) is 17.9 Å². The Hall–Kier alpha value is -1.24. The van der Waals surface area contributed by atoms with Gasteiger partial charge in [-0.3, -0.25) is 14.1 Å². The van der Waals surface area contributed by atoms with E-state index in [1.165, 1.54) is 24.2 Å². The Labute approximate surface area is 133 Å². The summed E-state index contributed by atoms with van der Waals surface area (Å²) in [5.74, 6) is 1.36. The molecular formula is C16H21N3O2S. The van der Waals surface area contributed by atoms with Gasteiger partial charge in [0.05, 0.1) is 11.8 Å². The normalized spacial score (nSPS) is 31.2. The largest absolute Gasteiger partial charge is 0.393 e. The Morgan fingerprint density at radius 1 is 1.36 bits per heavy atom. The van der Waals surface area contributed by atoms with Crippen LogP contribution < -0.4 is 5.56 Å². The maximum Gasteiger partial charge on any atom is 0.258 e. The first-order chi connectivity index (χ1) is 10.6. The molecule has 2 fully saturated rings. The van der Waals surface area contributed by atoms with E-state index >= 15 is 0 Å². The molecule has 0 amide bonds. The molecule has 0 bridgehead atoms. The van der Waals surface area contributed by atoms with Crippen molar-refractivity contribution in [3.8, 4) is 0 Å². The Morgan fingerprint density at radius 2 is 2.09 bits per heavy atom. The Bertz CT molecular complexity index is 726. The zero-order valence-corrected chi connectivity index (χ0v) is 13.5. The molecule has 2 aromatic heterocycles. The van der Waals surface area contributed by atoms with Gasteiger partial charge in [0, 0.05) is 30.2 Å². The van der Waals surface area contributed by atoms with Crippen LogP contribution in [0.25, 0.3) is 4.96 Å². The van der Waals surface area contributed by atoms with Crippen molar-refractivity contribution in [3.05, 3.63) is 33.7 Å². The molecule has 0 aliphatic heterocycles. The van der Waals surface area contributed by atoms with Crippen LogP contribution in [-0.2, 0) is 6.54 Å². The Kier molecular flexibility index (Phi) is 3.55. The second kappa shape index (κ2) is 5.44. The van der Waals surface area contributed by atoms with Gasteiger partial charge >= 0.3 is 0 Å². The zero-order valence-electron chi connectivity index (χ0n) is 12.7. The summed E-state index contributed by atoms with van der Waals surface area (Å²) >= 11 is 1.49. The van der Waals surface area contributed by atoms with E-state index in [2.05, 4.69) is 16.9 Å². The number of aliphatic hydroxyl groups is 1. The van der Waals surface area contributed by atoms with Crippen molar-refractivity contribution in [2.24, 2.45) is 11.8 Å². The molecule has 2 saturated carbocycles. The molecule has 0 radical (unpaired) electrons. The molecule has 6 heteroatoms. The predicted octanol–water partition coefficient (Wildman–Crippen LogP) is 1.74. The lowest BCUT2D eigenvalue weighted by molar-refractivity contribution is 0.158. The minimum Gasteiger partial charge on any atom is -0.393 e. The van der Waals surface area contributed by atoms with Crippen molar-refractivity contribution in [2.75, 3.05) is 7.05 Å². The van der Waals surface area contributed by atoms with Crippen molar-refractivity contribution < 1.29 is 5.11 Å². The third kappa shape index (κ3) is 2.49. The second-order valence-corrected chi connectivity index (χ2v) is 7.70. The van der Waals surface area contributed by atoms with Gasteiger partial charge in [-0.2, -0.15) is 0 Å². The average Bonchev–Trinajstić information content (AvgIpc) is 3.12. The molecule has 2 aliphatic rings. The molecule has 0 spiro atoms. The summed E-state index contributed by atoms with van der Waals surface area (Å²) < 4.78 is 1.59. The summed E-state index contributed by atoms with van der Waals surface area (Å²) in [4.78, 5) is 19.7. The zero-order chi connectivity index (χ0) is 15.3. The lowest BCUT2D eigenvalue weighted by atomic mass is 10.0. The molecule has 4 atom stereocenters. The number of hydrogen-bond acceptors (Lipinski definition) is 5. The van der Waals surface area contributed by atoms with Gasteiger partial charge in [-0.1, -0.05) is 0 Å². The number of fused-ring (bicyclic) bond motifs is 2. The third-order valence-electron chi connectivity index (χ3n) is 5.36. The van der Waals surface area contributed by atoms with Crippen LogP contribution in [0.5, 0.6) is 0 Å². The van der Waals surface area contributed by atoms with E-state index < -0.39 is 0 Å². The topological polar surface area (TPSA) is 57.8 Å². The first-order valence-corrected chi connectivity index (χ1v) is 8.82. The average molecular weight is 319 g/mol. The predicted molar refractivity (Wildman–Crippen MR) is 86.0 cm³/mol. The molecule has 2 unspecified atom stereocenters. The molecule has 0 saturated heterocycles. The highest BCUT2D eigenvalue weighted by Crippen LogP contribution is 2.45. The summed E-state index contributed by atoms with van der Waals surface area (Å²) in [6.07, 6.45) is 5.96. The summed E-state index contributed by atoms with van der Waals surface area (Å²) in [6, 6.07) is 2.20. The van der Waals surface area contributed by atoms with Crippen LogP contribution in [0.1, 0.15) is 31.4 Å². The van der Waals surface area contributed by atoms with Crippen molar-refractivity contribution in [2.45, 2.75) is 44.4 Å². The minimum absolute atomic E-state index is 0.000985. The minimum atomic E-state index is -0.0794. The van der Waals surface area contributed by atoms with Gasteiger partial charge in [-0.25, -0.2) is 4.98 Å². The SMILES string of the molecule is CN(Cc1cc(=O)n2ccsc2n1)C1C[C@H]2CC(O)C[C@H]2C1. The number of nitrogens with zero attached hydrogens (tertiary/aromatic N) is 3. The van der Waals surface area contributed by atoms with E-state index in [4.69, 9.17) is 0 Å². The molecule has 0 aromatic carbocycles. The maximum atomic E-state index is 12.0. The highest BCUT2D eigenvalue weighted by molar-refractivity contribution is 7.15. The molecule has 1 N–H and O–H groups in total. The smallest absolute Gasteiger partial charge is 0.258 e. The summed E-state index contributed by atoms with van der Waals surface area (Å²) in [6.45, 7) is 0.719. The first kappa shape index (κ1) is 14.4. The van der Waals surface area contributed by atoms with Crippen LogP contribution in [0.15, 0.2) is 22.4 Å². The maximum absolute atomic E-state index is 12.0. The quantitative estimate of drug-likeness (QED) is 0.936. The van der Waals surface area contributed by atoms with Crippen LogP contribution in [0.3, 0.4) is 0 Å². The summed E-state index contributed by atoms with van der Waals surface area (Å²) in [5.41, 5.74) is 0.855. The van der Waals surface area contributed by atoms with Gasteiger partial charge in [0.2, 0.25) is 0 Å². The number of rotatable bonds is 3. The second-order valence-electron chi connectivity index (χ2n) is 6.83. The third-order valence-corrected chi connectivity index (χ3v) is 6.11. The van der Waals surface area contributed by atoms with Gasteiger partial charge in [-0.05, 0) is 44.6 Å². The van der Waals surface area contributed by atoms with Gasteiger partial charge < -0.3 is 5.11 Å². The Morgan fingerprint density at radius 3 is 2.82 bits per heavy atom. The van der Waals surface area contributed by atoms with E-state index in [1.54, 1.807) is 16.7 Å². The monoisotopic (exact) mass is 319 g/mol. The van der Waals surface area contributed by atoms with E-state index in [1.807, 2.05) is 5.38 Å². The van der Waals surface area contributed by atoms with Gasteiger partial charge in [-0.15, -0.1) is 11.3 Å². The standard InChI is InChI=1S/C16H21N3O2S/c1-18(13-4-10-6-14(20)7-11(10)5-13)9-12-8-15(21)19-2-3-22-16(19)17-12/h2-3,8,10-11,13-14,20H,4-7,9H2,1H3/t10-,11+,13?,14?. The van der Waals surface area contributed by atoms with Crippen molar-refractivity contribution in [1.29, 1.82) is 0 Å². The van der Waals surface area contributed by atoms with E-state index in [9.17, 15) is 9.90 Å². The highest BCUT2D eigenvalue weighted by atomic mass is 32.1. The fourth-order valence-electron chi connectivity index (χ4n) is 4.27. The lowest BCUT2D eigenvalue weighted by Gasteiger charge is -2.25. The van der Waals surface area contributed by atoms with Crippen LogP contribution in [-0.4, -0.2) is 38.6 Å². The number of thiazole rings is 1. The van der Waals surface area contributed by atoms with Crippen LogP contribution >= 0.6 is 11.3 Å². The van der Waals surface area contributed by atoms with Crippen LogP contribution in [0.2, 0.25) is 0 Å². The fourth-order valence-corrected chi connectivity index (χ4v) is 5.00. The molecule has 22 heavy (non-hydrogen) atoms. The molecule has 118 valence electrons.